The summed E-state index contributed by atoms with van der Waals surface area (Å²) in [5, 5.41) is 2.37. The molecule has 0 aliphatic carbocycles. The van der Waals surface area contributed by atoms with Gasteiger partial charge < -0.3 is 5.32 Å². The maximum Gasteiger partial charge on any atom is 0.416 e. The number of amides is 1. The molecule has 2 aromatic carbocycles. The molecule has 0 heterocycles. The molecule has 3 nitrogen and oxygen atoms in total. The molecule has 1 amide bonds. The molecule has 0 aromatic heterocycles. The topological polar surface area (TPSA) is 46.2 Å². The zero-order valence-corrected chi connectivity index (χ0v) is 12.1. The summed E-state index contributed by atoms with van der Waals surface area (Å²) in [6, 6.07) is 12.9. The van der Waals surface area contributed by atoms with Gasteiger partial charge in [-0.05, 0) is 18.2 Å². The van der Waals surface area contributed by atoms with Gasteiger partial charge in [0.25, 0.3) is 0 Å². The smallest absolute Gasteiger partial charge is 0.326 e. The van der Waals surface area contributed by atoms with Gasteiger partial charge in [-0.3, -0.25) is 9.59 Å². The fourth-order valence-corrected chi connectivity index (χ4v) is 1.99. The highest BCUT2D eigenvalue weighted by Gasteiger charge is 2.30. The molecule has 0 saturated heterocycles. The van der Waals surface area contributed by atoms with Gasteiger partial charge in [0.05, 0.1) is 5.56 Å². The molecule has 6 heteroatoms. The monoisotopic (exact) mass is 321 g/mol. The number of hydrogen-bond donors (Lipinski definition) is 1. The van der Waals surface area contributed by atoms with E-state index in [-0.39, 0.29) is 24.3 Å². The lowest BCUT2D eigenvalue weighted by Gasteiger charge is -2.09. The molecule has 0 fully saturated rings. The van der Waals surface area contributed by atoms with Gasteiger partial charge in [0.15, 0.2) is 5.78 Å². The van der Waals surface area contributed by atoms with Crippen LogP contribution >= 0.6 is 0 Å². The molecule has 0 unspecified atom stereocenters. The third-order valence-electron chi connectivity index (χ3n) is 3.15. The van der Waals surface area contributed by atoms with Crippen LogP contribution in [-0.2, 0) is 11.0 Å². The summed E-state index contributed by atoms with van der Waals surface area (Å²) in [7, 11) is 0. The van der Waals surface area contributed by atoms with Crippen LogP contribution in [0.3, 0.4) is 0 Å². The summed E-state index contributed by atoms with van der Waals surface area (Å²) in [6.45, 7) is 0. The largest absolute Gasteiger partial charge is 0.416 e. The maximum absolute atomic E-state index is 12.6. The van der Waals surface area contributed by atoms with Crippen molar-refractivity contribution in [3.63, 3.8) is 0 Å². The van der Waals surface area contributed by atoms with E-state index >= 15 is 0 Å². The molecular formula is C17H14F3NO2. The first-order valence-electron chi connectivity index (χ1n) is 6.91. The SMILES string of the molecule is O=C(CCC(=O)c1ccccc1)Nc1cccc(C(F)(F)F)c1. The Kier molecular flexibility index (Phi) is 5.16. The van der Waals surface area contributed by atoms with Crippen molar-refractivity contribution in [3.05, 3.63) is 65.7 Å². The van der Waals surface area contributed by atoms with Crippen LogP contribution in [-0.4, -0.2) is 11.7 Å². The van der Waals surface area contributed by atoms with Gasteiger partial charge in [-0.15, -0.1) is 0 Å². The van der Waals surface area contributed by atoms with Gasteiger partial charge in [0.1, 0.15) is 0 Å². The standard InChI is InChI=1S/C17H14F3NO2/c18-17(19,20)13-7-4-8-14(11-13)21-16(23)10-9-15(22)12-5-2-1-3-6-12/h1-8,11H,9-10H2,(H,21,23). The van der Waals surface area contributed by atoms with Crippen LogP contribution in [0.15, 0.2) is 54.6 Å². The van der Waals surface area contributed by atoms with Gasteiger partial charge in [0, 0.05) is 24.1 Å². The van der Waals surface area contributed by atoms with Gasteiger partial charge in [0.2, 0.25) is 5.91 Å². The van der Waals surface area contributed by atoms with E-state index in [1.165, 1.54) is 12.1 Å². The predicted molar refractivity (Wildman–Crippen MR) is 80.1 cm³/mol. The number of benzene rings is 2. The number of anilines is 1. The highest BCUT2D eigenvalue weighted by atomic mass is 19.4. The van der Waals surface area contributed by atoms with Crippen LogP contribution in [0.25, 0.3) is 0 Å². The number of nitrogens with one attached hydrogen (secondary N) is 1. The molecule has 1 N–H and O–H groups in total. The van der Waals surface area contributed by atoms with Crippen molar-refractivity contribution in [2.45, 2.75) is 19.0 Å². The van der Waals surface area contributed by atoms with Crippen LogP contribution in [0, 0.1) is 0 Å². The molecule has 0 aliphatic heterocycles. The molecular weight excluding hydrogens is 307 g/mol. The lowest BCUT2D eigenvalue weighted by Crippen LogP contribution is -2.14. The minimum atomic E-state index is -4.47. The second kappa shape index (κ2) is 7.09. The number of rotatable bonds is 5. The summed E-state index contributed by atoms with van der Waals surface area (Å²) in [6.07, 6.45) is -4.57. The summed E-state index contributed by atoms with van der Waals surface area (Å²) in [5.41, 5.74) is -0.285. The molecule has 0 bridgehead atoms. The highest BCUT2D eigenvalue weighted by Crippen LogP contribution is 2.30. The third kappa shape index (κ3) is 4.95. The van der Waals surface area contributed by atoms with Crippen molar-refractivity contribution in [2.75, 3.05) is 5.32 Å². The van der Waals surface area contributed by atoms with E-state index in [0.29, 0.717) is 5.56 Å². The van der Waals surface area contributed by atoms with Crippen molar-refractivity contribution in [1.29, 1.82) is 0 Å². The molecule has 0 atom stereocenters. The van der Waals surface area contributed by atoms with E-state index in [2.05, 4.69) is 5.32 Å². The quantitative estimate of drug-likeness (QED) is 0.834. The van der Waals surface area contributed by atoms with E-state index in [1.54, 1.807) is 30.3 Å². The summed E-state index contributed by atoms with van der Waals surface area (Å²) >= 11 is 0. The van der Waals surface area contributed by atoms with Crippen LogP contribution in [0.2, 0.25) is 0 Å². The number of halogens is 3. The Labute approximate surface area is 131 Å². The van der Waals surface area contributed by atoms with Crippen molar-refractivity contribution >= 4 is 17.4 Å². The normalized spacial score (nSPS) is 11.1. The first-order chi connectivity index (χ1) is 10.9. The van der Waals surface area contributed by atoms with E-state index in [9.17, 15) is 22.8 Å². The number of hydrogen-bond acceptors (Lipinski definition) is 2. The second-order valence-electron chi connectivity index (χ2n) is 4.92. The average molecular weight is 321 g/mol. The van der Waals surface area contributed by atoms with Crippen molar-refractivity contribution < 1.29 is 22.8 Å². The fourth-order valence-electron chi connectivity index (χ4n) is 1.99. The average Bonchev–Trinajstić information content (AvgIpc) is 2.53. The number of carbonyl (C=O) groups excluding carboxylic acids is 2. The lowest BCUT2D eigenvalue weighted by atomic mass is 10.1. The van der Waals surface area contributed by atoms with Crippen LogP contribution < -0.4 is 5.32 Å². The molecule has 2 aromatic rings. The zero-order valence-electron chi connectivity index (χ0n) is 12.1. The van der Waals surface area contributed by atoms with Crippen molar-refractivity contribution in [1.82, 2.24) is 0 Å². The Morgan fingerprint density at radius 1 is 0.913 bits per heavy atom. The maximum atomic E-state index is 12.6. The highest BCUT2D eigenvalue weighted by molar-refractivity contribution is 5.99. The Hall–Kier alpha value is -2.63. The summed E-state index contributed by atoms with van der Waals surface area (Å²) in [5.74, 6) is -0.696. The second-order valence-corrected chi connectivity index (χ2v) is 4.92. The molecule has 23 heavy (non-hydrogen) atoms. The minimum absolute atomic E-state index is 0.00515. The van der Waals surface area contributed by atoms with Gasteiger partial charge in [-0.2, -0.15) is 13.2 Å². The van der Waals surface area contributed by atoms with Crippen molar-refractivity contribution in [3.8, 4) is 0 Å². The minimum Gasteiger partial charge on any atom is -0.326 e. The number of Topliss-reactive ketones (excluding diaryl/α,β-unsaturated/α-hetero) is 1. The summed E-state index contributed by atoms with van der Waals surface area (Å²) in [4.78, 5) is 23.6. The van der Waals surface area contributed by atoms with Crippen LogP contribution in [0.1, 0.15) is 28.8 Å². The number of ketones is 1. The van der Waals surface area contributed by atoms with Crippen LogP contribution in [0.4, 0.5) is 18.9 Å². The Balaban J connectivity index is 1.92. The molecule has 0 radical (unpaired) electrons. The zero-order chi connectivity index (χ0) is 16.9. The van der Waals surface area contributed by atoms with Gasteiger partial charge in [-0.1, -0.05) is 36.4 Å². The van der Waals surface area contributed by atoms with E-state index in [0.717, 1.165) is 12.1 Å². The molecule has 0 saturated carbocycles. The van der Waals surface area contributed by atoms with E-state index < -0.39 is 17.6 Å². The molecule has 0 spiro atoms. The first kappa shape index (κ1) is 16.7. The third-order valence-corrected chi connectivity index (χ3v) is 3.15. The van der Waals surface area contributed by atoms with Crippen molar-refractivity contribution in [2.24, 2.45) is 0 Å². The van der Waals surface area contributed by atoms with Crippen LogP contribution in [0.5, 0.6) is 0 Å². The predicted octanol–water partition coefficient (Wildman–Crippen LogP) is 4.31. The lowest BCUT2D eigenvalue weighted by molar-refractivity contribution is -0.137. The number of carbonyl (C=O) groups is 2. The Bertz CT molecular complexity index is 696. The Morgan fingerprint density at radius 3 is 2.26 bits per heavy atom. The molecule has 0 aliphatic rings. The van der Waals surface area contributed by atoms with Gasteiger partial charge >= 0.3 is 6.18 Å². The molecule has 2 rings (SSSR count). The van der Waals surface area contributed by atoms with E-state index in [4.69, 9.17) is 0 Å². The fraction of sp³-hybridized carbons (Fsp3) is 0.176. The van der Waals surface area contributed by atoms with E-state index in [1.807, 2.05) is 0 Å². The Morgan fingerprint density at radius 2 is 1.61 bits per heavy atom. The summed E-state index contributed by atoms with van der Waals surface area (Å²) < 4.78 is 37.8. The van der Waals surface area contributed by atoms with Gasteiger partial charge in [-0.25, -0.2) is 0 Å². The molecule has 120 valence electrons. The first-order valence-corrected chi connectivity index (χ1v) is 6.91. The number of alkyl halides is 3.